The minimum atomic E-state index is 1.18. The lowest BCUT2D eigenvalue weighted by molar-refractivity contribution is 0.667. The Morgan fingerprint density at radius 2 is 1.12 bits per heavy atom. The van der Waals surface area contributed by atoms with Crippen LogP contribution in [-0.2, 0) is 12.8 Å². The van der Waals surface area contributed by atoms with Crippen molar-refractivity contribution >= 4 is 67.9 Å². The van der Waals surface area contributed by atoms with E-state index in [1.54, 1.807) is 0 Å². The lowest BCUT2D eigenvalue weighted by Gasteiger charge is -2.00. The molecule has 2 aromatic rings. The van der Waals surface area contributed by atoms with Gasteiger partial charge in [-0.1, -0.05) is 52.4 Å². The van der Waals surface area contributed by atoms with Crippen molar-refractivity contribution in [3.8, 4) is 11.8 Å². The molecule has 0 unspecified atom stereocenters. The smallest absolute Gasteiger partial charge is 0.0815 e. The Bertz CT molecular complexity index is 671. The summed E-state index contributed by atoms with van der Waals surface area (Å²) in [7, 11) is 0. The third kappa shape index (κ3) is 7.81. The van der Waals surface area contributed by atoms with Gasteiger partial charge in [-0.2, -0.15) is 0 Å². The van der Waals surface area contributed by atoms with E-state index in [2.05, 4.69) is 83.0 Å². The number of thiophene rings is 2. The van der Waals surface area contributed by atoms with Crippen LogP contribution in [0.4, 0.5) is 0 Å². The van der Waals surface area contributed by atoms with Crippen LogP contribution in [0.25, 0.3) is 0 Å². The summed E-state index contributed by atoms with van der Waals surface area (Å²) in [5, 5.41) is 0. The molecular formula is C22H28I2S2. The molecule has 0 saturated heterocycles. The van der Waals surface area contributed by atoms with Crippen LogP contribution < -0.4 is 0 Å². The maximum Gasteiger partial charge on any atom is 0.0815 e. The molecule has 0 aliphatic heterocycles. The standard InChI is InChI=1S/C22H28I2S2/c1-3-5-7-9-11-17-15-21(23)25-19(17)13-14-20-18(16-22(24)26-20)12-10-8-6-4-2/h15-16H,3-12H2,1-2H3. The van der Waals surface area contributed by atoms with Gasteiger partial charge in [-0.3, -0.25) is 0 Å². The second-order valence-corrected chi connectivity index (χ2v) is 12.6. The fraction of sp³-hybridized carbons (Fsp3) is 0.545. The second-order valence-electron chi connectivity index (χ2n) is 6.68. The molecule has 0 aliphatic rings. The first-order valence-corrected chi connectivity index (χ1v) is 13.5. The molecule has 0 N–H and O–H groups in total. The number of hydrogen-bond acceptors (Lipinski definition) is 2. The summed E-state index contributed by atoms with van der Waals surface area (Å²) in [6.07, 6.45) is 12.9. The normalized spacial score (nSPS) is 10.8. The van der Waals surface area contributed by atoms with Gasteiger partial charge in [-0.25, -0.2) is 0 Å². The molecule has 0 spiro atoms. The van der Waals surface area contributed by atoms with Crippen LogP contribution in [0, 0.1) is 17.6 Å². The Kier molecular flexibility index (Phi) is 11.2. The van der Waals surface area contributed by atoms with Crippen molar-refractivity contribution in [2.45, 2.75) is 78.1 Å². The molecule has 2 rings (SSSR count). The van der Waals surface area contributed by atoms with E-state index in [0.29, 0.717) is 0 Å². The van der Waals surface area contributed by atoms with Crippen molar-refractivity contribution in [3.05, 3.63) is 38.8 Å². The summed E-state index contributed by atoms with van der Waals surface area (Å²) < 4.78 is 2.72. The van der Waals surface area contributed by atoms with Crippen LogP contribution >= 0.6 is 67.9 Å². The topological polar surface area (TPSA) is 0 Å². The second kappa shape index (κ2) is 12.8. The van der Waals surface area contributed by atoms with Crippen LogP contribution in [0.15, 0.2) is 12.1 Å². The molecular weight excluding hydrogens is 582 g/mol. The fourth-order valence-corrected chi connectivity index (χ4v) is 6.62. The van der Waals surface area contributed by atoms with Gasteiger partial charge in [0.1, 0.15) is 0 Å². The Morgan fingerprint density at radius 1 is 0.692 bits per heavy atom. The van der Waals surface area contributed by atoms with E-state index in [9.17, 15) is 0 Å². The number of hydrogen-bond donors (Lipinski definition) is 0. The van der Waals surface area contributed by atoms with Crippen LogP contribution in [0.2, 0.25) is 0 Å². The van der Waals surface area contributed by atoms with Crippen LogP contribution in [0.5, 0.6) is 0 Å². The minimum absolute atomic E-state index is 1.18. The predicted molar refractivity (Wildman–Crippen MR) is 136 cm³/mol. The zero-order chi connectivity index (χ0) is 18.8. The van der Waals surface area contributed by atoms with Gasteiger partial charge in [0, 0.05) is 0 Å². The van der Waals surface area contributed by atoms with Gasteiger partial charge < -0.3 is 0 Å². The quantitative estimate of drug-likeness (QED) is 0.144. The highest BCUT2D eigenvalue weighted by atomic mass is 127. The van der Waals surface area contributed by atoms with Gasteiger partial charge in [0.15, 0.2) is 0 Å². The van der Waals surface area contributed by atoms with E-state index in [1.807, 2.05) is 22.7 Å². The number of halogens is 2. The Balaban J connectivity index is 2.06. The number of aryl methyl sites for hydroxylation is 2. The SMILES string of the molecule is CCCCCCc1cc(I)sc1C#Cc1sc(I)cc1CCCCCC. The van der Waals surface area contributed by atoms with Crippen molar-refractivity contribution in [1.82, 2.24) is 0 Å². The maximum atomic E-state index is 3.52. The third-order valence-corrected chi connectivity index (χ3v) is 8.15. The van der Waals surface area contributed by atoms with Crippen molar-refractivity contribution in [2.75, 3.05) is 0 Å². The van der Waals surface area contributed by atoms with Gasteiger partial charge in [0.05, 0.1) is 15.5 Å². The summed E-state index contributed by atoms with van der Waals surface area (Å²) in [6.45, 7) is 4.54. The first kappa shape index (κ1) is 22.7. The van der Waals surface area contributed by atoms with E-state index in [0.717, 1.165) is 0 Å². The molecule has 0 bridgehead atoms. The highest BCUT2D eigenvalue weighted by Gasteiger charge is 2.08. The summed E-state index contributed by atoms with van der Waals surface area (Å²) in [6, 6.07) is 4.68. The molecule has 4 heteroatoms. The van der Waals surface area contributed by atoms with Crippen molar-refractivity contribution in [2.24, 2.45) is 0 Å². The van der Waals surface area contributed by atoms with Crippen molar-refractivity contribution in [1.29, 1.82) is 0 Å². The molecule has 0 saturated carbocycles. The average Bonchev–Trinajstić information content (AvgIpc) is 3.15. The van der Waals surface area contributed by atoms with E-state index in [-0.39, 0.29) is 0 Å². The predicted octanol–water partition coefficient (Wildman–Crippen LogP) is 8.66. The average molecular weight is 610 g/mol. The molecule has 2 aromatic heterocycles. The maximum absolute atomic E-state index is 3.52. The largest absolute Gasteiger partial charge is 0.120 e. The lowest BCUT2D eigenvalue weighted by atomic mass is 10.1. The molecule has 0 fully saturated rings. The molecule has 0 atom stereocenters. The zero-order valence-electron chi connectivity index (χ0n) is 15.8. The molecule has 26 heavy (non-hydrogen) atoms. The summed E-state index contributed by atoms with van der Waals surface area (Å²) in [5.41, 5.74) is 2.91. The van der Waals surface area contributed by atoms with Crippen LogP contribution in [0.3, 0.4) is 0 Å². The van der Waals surface area contributed by atoms with Crippen LogP contribution in [0.1, 0.15) is 86.1 Å². The summed E-state index contributed by atoms with van der Waals surface area (Å²) >= 11 is 8.58. The summed E-state index contributed by atoms with van der Waals surface area (Å²) in [5.74, 6) is 7.03. The monoisotopic (exact) mass is 610 g/mol. The summed E-state index contributed by atoms with van der Waals surface area (Å²) in [4.78, 5) is 2.57. The van der Waals surface area contributed by atoms with E-state index in [4.69, 9.17) is 0 Å². The first-order chi connectivity index (χ1) is 12.6. The van der Waals surface area contributed by atoms with Crippen LogP contribution in [-0.4, -0.2) is 0 Å². The van der Waals surface area contributed by atoms with E-state index >= 15 is 0 Å². The van der Waals surface area contributed by atoms with Gasteiger partial charge in [-0.15, -0.1) is 22.7 Å². The van der Waals surface area contributed by atoms with Gasteiger partial charge >= 0.3 is 0 Å². The number of unbranched alkanes of at least 4 members (excludes halogenated alkanes) is 6. The molecule has 0 aromatic carbocycles. The fourth-order valence-electron chi connectivity index (χ4n) is 2.97. The number of rotatable bonds is 10. The van der Waals surface area contributed by atoms with E-state index < -0.39 is 0 Å². The first-order valence-electron chi connectivity index (χ1n) is 9.72. The van der Waals surface area contributed by atoms with Crippen molar-refractivity contribution in [3.63, 3.8) is 0 Å². The third-order valence-electron chi connectivity index (χ3n) is 4.45. The highest BCUT2D eigenvalue weighted by molar-refractivity contribution is 14.1. The zero-order valence-corrected chi connectivity index (χ0v) is 21.7. The molecule has 142 valence electrons. The highest BCUT2D eigenvalue weighted by Crippen LogP contribution is 2.27. The molecule has 0 amide bonds. The van der Waals surface area contributed by atoms with Gasteiger partial charge in [-0.05, 0) is 106 Å². The molecule has 0 nitrogen and oxygen atoms in total. The molecule has 0 aliphatic carbocycles. The van der Waals surface area contributed by atoms with Crippen molar-refractivity contribution < 1.29 is 0 Å². The Hall–Kier alpha value is 0.420. The van der Waals surface area contributed by atoms with Gasteiger partial charge in [0.25, 0.3) is 0 Å². The Morgan fingerprint density at radius 3 is 1.50 bits per heavy atom. The van der Waals surface area contributed by atoms with E-state index in [1.165, 1.54) is 90.9 Å². The lowest BCUT2D eigenvalue weighted by Crippen LogP contribution is -1.87. The molecule has 2 heterocycles. The minimum Gasteiger partial charge on any atom is -0.120 e. The Labute approximate surface area is 194 Å². The molecule has 0 radical (unpaired) electrons. The van der Waals surface area contributed by atoms with Gasteiger partial charge in [0.2, 0.25) is 0 Å².